The maximum absolute atomic E-state index is 11.3. The molecule has 8 heteroatoms. The Labute approximate surface area is 169 Å². The molecule has 0 saturated carbocycles. The smallest absolute Gasteiger partial charge is 0.315 e. The first-order valence-electron chi connectivity index (χ1n) is 7.95. The summed E-state index contributed by atoms with van der Waals surface area (Å²) in [5.74, 6) is -0.611. The minimum atomic E-state index is -0.611. The van der Waals surface area contributed by atoms with Gasteiger partial charge in [-0.1, -0.05) is 60.7 Å². The highest BCUT2D eigenvalue weighted by Gasteiger charge is 2.10. The molecule has 4 N–H and O–H groups in total. The van der Waals surface area contributed by atoms with Crippen LogP contribution in [0.25, 0.3) is 0 Å². The quantitative estimate of drug-likeness (QED) is 0.345. The number of aldehydes is 1. The highest BCUT2D eigenvalue weighted by Crippen LogP contribution is 2.23. The number of hydrogen-bond acceptors (Lipinski definition) is 3. The van der Waals surface area contributed by atoms with Crippen LogP contribution in [0.1, 0.15) is 23.7 Å². The maximum atomic E-state index is 11.3. The first kappa shape index (κ1) is 24.4. The lowest BCUT2D eigenvalue weighted by molar-refractivity contribution is -0.107. The summed E-state index contributed by atoms with van der Waals surface area (Å²) in [6, 6.07) is 4.33. The van der Waals surface area contributed by atoms with E-state index >= 15 is 0 Å². The van der Waals surface area contributed by atoms with Gasteiger partial charge in [-0.3, -0.25) is 4.79 Å². The lowest BCUT2D eigenvalue weighted by Crippen LogP contribution is -2.41. The number of hydrogen-bond donors (Lipinski definition) is 3. The Morgan fingerprint density at radius 2 is 1.85 bits per heavy atom. The topological polar surface area (TPSA) is 101 Å². The zero-order chi connectivity index (χ0) is 20.8. The fourth-order valence-electron chi connectivity index (χ4n) is 1.83. The molecular weight excluding hydrogens is 389 g/mol. The SMILES string of the molecule is C=C/C=C(\C=C)C(C)NC(=O)NCCC=O.NC(=O)c1c(Cl)cccc1Cl. The van der Waals surface area contributed by atoms with Crippen molar-refractivity contribution in [2.24, 2.45) is 5.73 Å². The van der Waals surface area contributed by atoms with Crippen molar-refractivity contribution in [1.82, 2.24) is 10.6 Å². The van der Waals surface area contributed by atoms with Crippen LogP contribution in [0.3, 0.4) is 0 Å². The predicted octanol–water partition coefficient (Wildman–Crippen LogP) is 3.65. The van der Waals surface area contributed by atoms with E-state index in [1.807, 2.05) is 6.92 Å². The fraction of sp³-hybridized carbons (Fsp3) is 0.211. The maximum Gasteiger partial charge on any atom is 0.315 e. The molecule has 0 aromatic heterocycles. The van der Waals surface area contributed by atoms with Crippen LogP contribution in [-0.4, -0.2) is 30.8 Å². The van der Waals surface area contributed by atoms with Gasteiger partial charge in [-0.15, -0.1) is 0 Å². The Morgan fingerprint density at radius 1 is 1.26 bits per heavy atom. The van der Waals surface area contributed by atoms with Gasteiger partial charge in [0, 0.05) is 13.0 Å². The first-order valence-corrected chi connectivity index (χ1v) is 8.70. The lowest BCUT2D eigenvalue weighted by Gasteiger charge is -2.15. The number of benzene rings is 1. The number of halogens is 2. The summed E-state index contributed by atoms with van der Waals surface area (Å²) in [5.41, 5.74) is 6.06. The largest absolute Gasteiger partial charge is 0.366 e. The highest BCUT2D eigenvalue weighted by molar-refractivity contribution is 6.39. The number of primary amides is 1. The number of carbonyl (C=O) groups excluding carboxylic acids is 3. The van der Waals surface area contributed by atoms with E-state index in [0.29, 0.717) is 13.0 Å². The Kier molecular flexibility index (Phi) is 12.3. The van der Waals surface area contributed by atoms with E-state index in [1.54, 1.807) is 36.4 Å². The van der Waals surface area contributed by atoms with Crippen molar-refractivity contribution in [3.63, 3.8) is 0 Å². The Balaban J connectivity index is 0.000000533. The van der Waals surface area contributed by atoms with Gasteiger partial charge in [0.25, 0.3) is 5.91 Å². The van der Waals surface area contributed by atoms with Crippen LogP contribution < -0.4 is 16.4 Å². The van der Waals surface area contributed by atoms with Crippen molar-refractivity contribution < 1.29 is 14.4 Å². The zero-order valence-electron chi connectivity index (χ0n) is 15.0. The molecule has 1 unspecified atom stereocenters. The second kappa shape index (κ2) is 13.6. The number of nitrogens with one attached hydrogen (secondary N) is 2. The number of carbonyl (C=O) groups is 3. The molecule has 6 nitrogen and oxygen atoms in total. The van der Waals surface area contributed by atoms with Crippen molar-refractivity contribution in [1.29, 1.82) is 0 Å². The van der Waals surface area contributed by atoms with Gasteiger partial charge in [0.15, 0.2) is 0 Å². The molecule has 0 aliphatic heterocycles. The molecule has 0 aliphatic carbocycles. The average Bonchev–Trinajstić information content (AvgIpc) is 2.59. The van der Waals surface area contributed by atoms with Crippen LogP contribution in [0.15, 0.2) is 55.2 Å². The summed E-state index contributed by atoms with van der Waals surface area (Å²) in [7, 11) is 0. The van der Waals surface area contributed by atoms with E-state index in [-0.39, 0.29) is 27.7 Å². The monoisotopic (exact) mass is 411 g/mol. The molecule has 1 aromatic rings. The predicted molar refractivity (Wildman–Crippen MR) is 110 cm³/mol. The van der Waals surface area contributed by atoms with Gasteiger partial charge in [-0.05, 0) is 24.6 Å². The van der Waals surface area contributed by atoms with Crippen LogP contribution >= 0.6 is 23.2 Å². The molecule has 0 heterocycles. The summed E-state index contributed by atoms with van der Waals surface area (Å²) in [6.45, 7) is 9.42. The Hall–Kier alpha value is -2.57. The molecule has 146 valence electrons. The van der Waals surface area contributed by atoms with E-state index in [4.69, 9.17) is 28.9 Å². The second-order valence-corrected chi connectivity index (χ2v) is 5.96. The third-order valence-electron chi connectivity index (χ3n) is 3.15. The molecule has 0 aliphatic rings. The van der Waals surface area contributed by atoms with Crippen molar-refractivity contribution >= 4 is 41.4 Å². The Morgan fingerprint density at radius 3 is 2.26 bits per heavy atom. The molecule has 1 atom stereocenters. The zero-order valence-corrected chi connectivity index (χ0v) is 16.5. The molecule has 0 radical (unpaired) electrons. The Bertz CT molecular complexity index is 698. The summed E-state index contributed by atoms with van der Waals surface area (Å²) >= 11 is 11.3. The second-order valence-electron chi connectivity index (χ2n) is 5.14. The average molecular weight is 412 g/mol. The molecule has 0 spiro atoms. The molecular formula is C19H23Cl2N3O3. The van der Waals surface area contributed by atoms with Gasteiger partial charge in [0.1, 0.15) is 6.29 Å². The molecule has 1 aromatic carbocycles. The van der Waals surface area contributed by atoms with Crippen molar-refractivity contribution in [2.75, 3.05) is 6.54 Å². The standard InChI is InChI=1S/C12H18N2O2.C7H5Cl2NO/c1-4-7-11(5-2)10(3)14-12(16)13-8-6-9-15;8-4-2-1-3-5(9)6(4)7(10)11/h4-5,7,9-10H,1-2,6,8H2,3H3,(H2,13,14,16);1-3H,(H2,10,11)/b11-7+;. The van der Waals surface area contributed by atoms with Gasteiger partial charge in [0.05, 0.1) is 21.7 Å². The molecule has 0 fully saturated rings. The van der Waals surface area contributed by atoms with E-state index in [9.17, 15) is 14.4 Å². The lowest BCUT2D eigenvalue weighted by atomic mass is 10.1. The van der Waals surface area contributed by atoms with Gasteiger partial charge < -0.3 is 21.2 Å². The van der Waals surface area contributed by atoms with Crippen LogP contribution in [0.4, 0.5) is 4.79 Å². The minimum absolute atomic E-state index is 0.147. The molecule has 3 amide bonds. The molecule has 0 saturated heterocycles. The van der Waals surface area contributed by atoms with Crippen LogP contribution in [0.2, 0.25) is 10.0 Å². The third-order valence-corrected chi connectivity index (χ3v) is 3.78. The van der Waals surface area contributed by atoms with E-state index in [1.165, 1.54) is 0 Å². The van der Waals surface area contributed by atoms with Crippen LogP contribution in [0.5, 0.6) is 0 Å². The van der Waals surface area contributed by atoms with E-state index in [0.717, 1.165) is 11.9 Å². The number of rotatable bonds is 8. The van der Waals surface area contributed by atoms with Crippen LogP contribution in [0, 0.1) is 0 Å². The number of urea groups is 1. The third kappa shape index (κ3) is 9.63. The van der Waals surface area contributed by atoms with Crippen molar-refractivity contribution in [3.05, 3.63) is 70.8 Å². The van der Waals surface area contributed by atoms with Crippen molar-refractivity contribution in [2.45, 2.75) is 19.4 Å². The molecule has 27 heavy (non-hydrogen) atoms. The number of amides is 3. The minimum Gasteiger partial charge on any atom is -0.366 e. The normalized spacial score (nSPS) is 11.3. The van der Waals surface area contributed by atoms with E-state index < -0.39 is 5.91 Å². The molecule has 0 bridgehead atoms. The summed E-state index contributed by atoms with van der Waals surface area (Å²) in [4.78, 5) is 32.1. The van der Waals surface area contributed by atoms with Gasteiger partial charge in [-0.25, -0.2) is 4.79 Å². The number of nitrogens with two attached hydrogens (primary N) is 1. The van der Waals surface area contributed by atoms with Crippen LogP contribution in [-0.2, 0) is 4.79 Å². The summed E-state index contributed by atoms with van der Waals surface area (Å²) in [5, 5.41) is 5.85. The summed E-state index contributed by atoms with van der Waals surface area (Å²) in [6.07, 6.45) is 6.16. The summed E-state index contributed by atoms with van der Waals surface area (Å²) < 4.78 is 0. The highest BCUT2D eigenvalue weighted by atomic mass is 35.5. The van der Waals surface area contributed by atoms with Gasteiger partial charge in [-0.2, -0.15) is 0 Å². The first-order chi connectivity index (χ1) is 12.8. The number of allylic oxidation sites excluding steroid dienone is 2. The van der Waals surface area contributed by atoms with Gasteiger partial charge >= 0.3 is 6.03 Å². The fourth-order valence-corrected chi connectivity index (χ4v) is 2.42. The van der Waals surface area contributed by atoms with Crippen molar-refractivity contribution in [3.8, 4) is 0 Å². The van der Waals surface area contributed by atoms with E-state index in [2.05, 4.69) is 23.8 Å². The van der Waals surface area contributed by atoms with Gasteiger partial charge in [0.2, 0.25) is 0 Å². The molecule has 1 rings (SSSR count).